The Morgan fingerprint density at radius 1 is 1.28 bits per heavy atom. The van der Waals surface area contributed by atoms with Crippen LogP contribution in [0.5, 0.6) is 0 Å². The van der Waals surface area contributed by atoms with Crippen molar-refractivity contribution in [3.8, 4) is 0 Å². The van der Waals surface area contributed by atoms with Gasteiger partial charge in [-0.25, -0.2) is 9.78 Å². The number of benzene rings is 1. The number of carbonyl (C=O) groups excluding carboxylic acids is 1. The number of likely N-dealkylation sites (tertiary alicyclic amines) is 1. The van der Waals surface area contributed by atoms with Crippen molar-refractivity contribution < 1.29 is 9.53 Å². The molecule has 1 atom stereocenters. The average Bonchev–Trinajstić information content (AvgIpc) is 3.27. The monoisotopic (exact) mass is 335 g/mol. The molecule has 1 aliphatic heterocycles. The first-order valence-corrected chi connectivity index (χ1v) is 8.59. The molecule has 2 aromatic heterocycles. The first-order chi connectivity index (χ1) is 12.2. The first-order valence-electron chi connectivity index (χ1n) is 8.59. The van der Waals surface area contributed by atoms with Gasteiger partial charge in [-0.3, -0.25) is 0 Å². The van der Waals surface area contributed by atoms with Crippen LogP contribution >= 0.6 is 0 Å². The SMILES string of the molecule is Cc1cnc2c(ccn2C2CCN(C(=O)OCc3ccccc3)C2)c1. The molecule has 0 N–H and O–H groups in total. The number of ether oxygens (including phenoxy) is 1. The number of amides is 1. The highest BCUT2D eigenvalue weighted by molar-refractivity contribution is 5.77. The summed E-state index contributed by atoms with van der Waals surface area (Å²) in [6, 6.07) is 14.2. The molecule has 128 valence electrons. The van der Waals surface area contributed by atoms with Gasteiger partial charge in [0.05, 0.1) is 6.04 Å². The summed E-state index contributed by atoms with van der Waals surface area (Å²) >= 11 is 0. The molecule has 0 bridgehead atoms. The largest absolute Gasteiger partial charge is 0.445 e. The average molecular weight is 335 g/mol. The van der Waals surface area contributed by atoms with Crippen molar-refractivity contribution in [1.29, 1.82) is 0 Å². The Balaban J connectivity index is 1.41. The molecule has 25 heavy (non-hydrogen) atoms. The molecule has 0 radical (unpaired) electrons. The van der Waals surface area contributed by atoms with Gasteiger partial charge in [0.1, 0.15) is 12.3 Å². The summed E-state index contributed by atoms with van der Waals surface area (Å²) in [6.07, 6.45) is 4.63. The highest BCUT2D eigenvalue weighted by Crippen LogP contribution is 2.27. The quantitative estimate of drug-likeness (QED) is 0.729. The number of pyridine rings is 1. The van der Waals surface area contributed by atoms with E-state index in [4.69, 9.17) is 4.74 Å². The molecule has 0 aliphatic carbocycles. The normalized spacial score (nSPS) is 17.2. The van der Waals surface area contributed by atoms with Gasteiger partial charge < -0.3 is 14.2 Å². The summed E-state index contributed by atoms with van der Waals surface area (Å²) in [6.45, 7) is 3.73. The van der Waals surface area contributed by atoms with E-state index in [0.717, 1.165) is 28.6 Å². The summed E-state index contributed by atoms with van der Waals surface area (Å²) in [5, 5.41) is 1.14. The molecule has 1 aliphatic rings. The standard InChI is InChI=1S/C20H21N3O2/c1-15-11-17-7-10-23(19(17)21-12-15)18-8-9-22(13-18)20(24)25-14-16-5-3-2-4-6-16/h2-7,10-12,18H,8-9,13-14H2,1H3. The van der Waals surface area contributed by atoms with Crippen LogP contribution in [-0.4, -0.2) is 33.6 Å². The minimum Gasteiger partial charge on any atom is -0.445 e. The van der Waals surface area contributed by atoms with Crippen LogP contribution in [-0.2, 0) is 11.3 Å². The van der Waals surface area contributed by atoms with Crippen molar-refractivity contribution >= 4 is 17.1 Å². The van der Waals surface area contributed by atoms with E-state index in [9.17, 15) is 4.79 Å². The van der Waals surface area contributed by atoms with E-state index in [1.165, 1.54) is 0 Å². The minimum absolute atomic E-state index is 0.244. The van der Waals surface area contributed by atoms with Crippen LogP contribution in [0.2, 0.25) is 0 Å². The fourth-order valence-corrected chi connectivity index (χ4v) is 3.39. The maximum atomic E-state index is 12.3. The molecule has 3 heterocycles. The van der Waals surface area contributed by atoms with E-state index in [-0.39, 0.29) is 12.1 Å². The molecule has 0 saturated carbocycles. The molecule has 1 aromatic carbocycles. The summed E-state index contributed by atoms with van der Waals surface area (Å²) < 4.78 is 7.62. The van der Waals surface area contributed by atoms with Crippen LogP contribution < -0.4 is 0 Å². The lowest BCUT2D eigenvalue weighted by molar-refractivity contribution is 0.103. The maximum Gasteiger partial charge on any atom is 0.410 e. The van der Waals surface area contributed by atoms with E-state index in [1.807, 2.05) is 43.5 Å². The zero-order chi connectivity index (χ0) is 17.2. The second-order valence-electron chi connectivity index (χ2n) is 6.58. The van der Waals surface area contributed by atoms with Crippen molar-refractivity contribution in [1.82, 2.24) is 14.5 Å². The number of hydrogen-bond acceptors (Lipinski definition) is 3. The highest BCUT2D eigenvalue weighted by Gasteiger charge is 2.29. The summed E-state index contributed by atoms with van der Waals surface area (Å²) in [7, 11) is 0. The van der Waals surface area contributed by atoms with Crippen LogP contribution in [0.3, 0.4) is 0 Å². The van der Waals surface area contributed by atoms with E-state index in [1.54, 1.807) is 4.90 Å². The predicted molar refractivity (Wildman–Crippen MR) is 96.3 cm³/mol. The lowest BCUT2D eigenvalue weighted by atomic mass is 10.2. The molecule has 4 rings (SSSR count). The van der Waals surface area contributed by atoms with Crippen molar-refractivity contribution in [2.45, 2.75) is 26.0 Å². The van der Waals surface area contributed by atoms with Gasteiger partial charge >= 0.3 is 6.09 Å². The van der Waals surface area contributed by atoms with E-state index in [0.29, 0.717) is 19.7 Å². The lowest BCUT2D eigenvalue weighted by Gasteiger charge is -2.17. The summed E-state index contributed by atoms with van der Waals surface area (Å²) in [5.74, 6) is 0. The molecule has 3 aromatic rings. The molecule has 1 fully saturated rings. The van der Waals surface area contributed by atoms with Crippen molar-refractivity contribution in [3.05, 3.63) is 66.0 Å². The Bertz CT molecular complexity index is 888. The van der Waals surface area contributed by atoms with Crippen molar-refractivity contribution in [2.75, 3.05) is 13.1 Å². The fraction of sp³-hybridized carbons (Fsp3) is 0.300. The third-order valence-corrected chi connectivity index (χ3v) is 4.71. The van der Waals surface area contributed by atoms with E-state index < -0.39 is 0 Å². The van der Waals surface area contributed by atoms with Gasteiger partial charge in [-0.15, -0.1) is 0 Å². The molecular formula is C20H21N3O2. The Kier molecular flexibility index (Phi) is 4.14. The summed E-state index contributed by atoms with van der Waals surface area (Å²) in [4.78, 5) is 18.7. The van der Waals surface area contributed by atoms with Gasteiger partial charge in [0, 0.05) is 30.9 Å². The first kappa shape index (κ1) is 15.7. The number of aromatic nitrogens is 2. The molecule has 1 amide bonds. The van der Waals surface area contributed by atoms with Crippen LogP contribution in [0.15, 0.2) is 54.9 Å². The van der Waals surface area contributed by atoms with Crippen LogP contribution in [0.4, 0.5) is 4.79 Å². The van der Waals surface area contributed by atoms with Gasteiger partial charge in [-0.2, -0.15) is 0 Å². The van der Waals surface area contributed by atoms with Gasteiger partial charge in [0.15, 0.2) is 0 Å². The number of rotatable bonds is 3. The van der Waals surface area contributed by atoms with Crippen LogP contribution in [0, 0.1) is 6.92 Å². The topological polar surface area (TPSA) is 47.4 Å². The highest BCUT2D eigenvalue weighted by atomic mass is 16.6. The predicted octanol–water partition coefficient (Wildman–Crippen LogP) is 3.93. The van der Waals surface area contributed by atoms with Gasteiger partial charge in [0.2, 0.25) is 0 Å². The number of nitrogens with zero attached hydrogens (tertiary/aromatic N) is 3. The third kappa shape index (κ3) is 3.22. The van der Waals surface area contributed by atoms with E-state index in [2.05, 4.69) is 27.9 Å². The Labute approximate surface area is 146 Å². The number of hydrogen-bond donors (Lipinski definition) is 0. The third-order valence-electron chi connectivity index (χ3n) is 4.71. The molecular weight excluding hydrogens is 314 g/mol. The zero-order valence-electron chi connectivity index (χ0n) is 14.3. The zero-order valence-corrected chi connectivity index (χ0v) is 14.3. The number of carbonyl (C=O) groups is 1. The minimum atomic E-state index is -0.244. The smallest absolute Gasteiger partial charge is 0.410 e. The van der Waals surface area contributed by atoms with Crippen molar-refractivity contribution in [2.24, 2.45) is 0 Å². The maximum absolute atomic E-state index is 12.3. The second kappa shape index (κ2) is 6.59. The Morgan fingerprint density at radius 3 is 2.96 bits per heavy atom. The molecule has 1 unspecified atom stereocenters. The van der Waals surface area contributed by atoms with Gasteiger partial charge in [-0.1, -0.05) is 30.3 Å². The van der Waals surface area contributed by atoms with Crippen LogP contribution in [0.1, 0.15) is 23.6 Å². The second-order valence-corrected chi connectivity index (χ2v) is 6.58. The Morgan fingerprint density at radius 2 is 2.12 bits per heavy atom. The molecule has 5 nitrogen and oxygen atoms in total. The van der Waals surface area contributed by atoms with E-state index >= 15 is 0 Å². The Hall–Kier alpha value is -2.82. The lowest BCUT2D eigenvalue weighted by Crippen LogP contribution is -2.29. The fourth-order valence-electron chi connectivity index (χ4n) is 3.39. The number of aryl methyl sites for hydroxylation is 1. The summed E-state index contributed by atoms with van der Waals surface area (Å²) in [5.41, 5.74) is 3.14. The van der Waals surface area contributed by atoms with Crippen LogP contribution in [0.25, 0.3) is 11.0 Å². The number of fused-ring (bicyclic) bond motifs is 1. The molecule has 1 saturated heterocycles. The van der Waals surface area contributed by atoms with Gasteiger partial charge in [-0.05, 0) is 36.6 Å². The van der Waals surface area contributed by atoms with Crippen molar-refractivity contribution in [3.63, 3.8) is 0 Å². The molecule has 5 heteroatoms. The van der Waals surface area contributed by atoms with Gasteiger partial charge in [0.25, 0.3) is 0 Å². The molecule has 0 spiro atoms.